The summed E-state index contributed by atoms with van der Waals surface area (Å²) in [6.45, 7) is 2.18. The standard InChI is InChI=1S/C22H15NO2/c1-2-25-22(24)14-9-10-19-15(11-14)12-18-16-7-3-5-13-6-4-8-17(20(13)16)21(18)23-19/h3-12H,2H2,1H3. The summed E-state index contributed by atoms with van der Waals surface area (Å²) in [6, 6.07) is 20.4. The van der Waals surface area contributed by atoms with Crippen molar-refractivity contribution < 1.29 is 9.53 Å². The lowest BCUT2D eigenvalue weighted by Gasteiger charge is -2.07. The molecule has 0 aliphatic heterocycles. The highest BCUT2D eigenvalue weighted by Gasteiger charge is 2.23. The molecule has 0 atom stereocenters. The van der Waals surface area contributed by atoms with Gasteiger partial charge in [-0.25, -0.2) is 9.78 Å². The van der Waals surface area contributed by atoms with Crippen LogP contribution < -0.4 is 0 Å². The van der Waals surface area contributed by atoms with Crippen molar-refractivity contribution in [1.29, 1.82) is 0 Å². The predicted octanol–water partition coefficient (Wildman–Crippen LogP) is 5.21. The lowest BCUT2D eigenvalue weighted by molar-refractivity contribution is 0.0526. The van der Waals surface area contributed by atoms with Crippen LogP contribution in [-0.4, -0.2) is 17.6 Å². The summed E-state index contributed by atoms with van der Waals surface area (Å²) < 4.78 is 5.11. The molecule has 3 heteroatoms. The normalized spacial score (nSPS) is 11.7. The van der Waals surface area contributed by atoms with E-state index in [0.717, 1.165) is 22.2 Å². The van der Waals surface area contributed by atoms with E-state index in [1.54, 1.807) is 6.07 Å². The topological polar surface area (TPSA) is 39.2 Å². The molecule has 3 aromatic carbocycles. The Labute approximate surface area is 144 Å². The molecule has 1 heterocycles. The summed E-state index contributed by atoms with van der Waals surface area (Å²) in [6.07, 6.45) is 0. The maximum Gasteiger partial charge on any atom is 0.338 e. The zero-order valence-electron chi connectivity index (χ0n) is 13.7. The molecule has 0 saturated carbocycles. The quantitative estimate of drug-likeness (QED) is 0.418. The molecule has 1 aliphatic carbocycles. The van der Waals surface area contributed by atoms with Gasteiger partial charge in [0.1, 0.15) is 0 Å². The maximum absolute atomic E-state index is 12.0. The SMILES string of the molecule is CCOC(=O)c1ccc2nc3c(cc2c1)-c1cccc2cccc-3c12. The zero-order chi connectivity index (χ0) is 17.0. The molecule has 4 aromatic rings. The molecule has 3 nitrogen and oxygen atoms in total. The number of aromatic nitrogens is 1. The zero-order valence-corrected chi connectivity index (χ0v) is 13.7. The van der Waals surface area contributed by atoms with Gasteiger partial charge in [-0.2, -0.15) is 0 Å². The Morgan fingerprint density at radius 3 is 2.52 bits per heavy atom. The van der Waals surface area contributed by atoms with E-state index in [0.29, 0.717) is 12.2 Å². The molecule has 0 fully saturated rings. The van der Waals surface area contributed by atoms with E-state index < -0.39 is 0 Å². The number of hydrogen-bond donors (Lipinski definition) is 0. The van der Waals surface area contributed by atoms with Crippen molar-refractivity contribution in [2.75, 3.05) is 6.61 Å². The molecule has 1 aliphatic rings. The van der Waals surface area contributed by atoms with Crippen LogP contribution in [0.1, 0.15) is 17.3 Å². The molecule has 0 N–H and O–H groups in total. The fourth-order valence-electron chi connectivity index (χ4n) is 3.69. The Morgan fingerprint density at radius 1 is 0.920 bits per heavy atom. The molecule has 5 rings (SSSR count). The molecule has 0 saturated heterocycles. The van der Waals surface area contributed by atoms with Crippen LogP contribution in [-0.2, 0) is 4.74 Å². The third-order valence-electron chi connectivity index (χ3n) is 4.78. The second-order valence-corrected chi connectivity index (χ2v) is 6.22. The monoisotopic (exact) mass is 325 g/mol. The van der Waals surface area contributed by atoms with Crippen LogP contribution >= 0.6 is 0 Å². The van der Waals surface area contributed by atoms with Crippen LogP contribution in [0, 0.1) is 0 Å². The number of carbonyl (C=O) groups is 1. The summed E-state index contributed by atoms with van der Waals surface area (Å²) in [4.78, 5) is 16.9. The van der Waals surface area contributed by atoms with Gasteiger partial charge in [-0.15, -0.1) is 0 Å². The predicted molar refractivity (Wildman–Crippen MR) is 99.6 cm³/mol. The number of rotatable bonds is 2. The third kappa shape index (κ3) is 1.99. The van der Waals surface area contributed by atoms with Gasteiger partial charge in [0, 0.05) is 16.5 Å². The van der Waals surface area contributed by atoms with E-state index in [9.17, 15) is 4.79 Å². The fraction of sp³-hybridized carbons (Fsp3) is 0.0909. The second-order valence-electron chi connectivity index (χ2n) is 6.22. The molecule has 1 aromatic heterocycles. The van der Waals surface area contributed by atoms with E-state index in [1.807, 2.05) is 19.1 Å². The van der Waals surface area contributed by atoms with Gasteiger partial charge >= 0.3 is 5.97 Å². The lowest BCUT2D eigenvalue weighted by atomic mass is 10.0. The van der Waals surface area contributed by atoms with E-state index >= 15 is 0 Å². The Morgan fingerprint density at radius 2 is 1.72 bits per heavy atom. The van der Waals surface area contributed by atoms with Crippen molar-refractivity contribution >= 4 is 27.6 Å². The Balaban J connectivity index is 1.77. The third-order valence-corrected chi connectivity index (χ3v) is 4.78. The maximum atomic E-state index is 12.0. The van der Waals surface area contributed by atoms with Crippen LogP contribution in [0.2, 0.25) is 0 Å². The van der Waals surface area contributed by atoms with Crippen LogP contribution in [0.3, 0.4) is 0 Å². The van der Waals surface area contributed by atoms with E-state index in [1.165, 1.54) is 21.9 Å². The van der Waals surface area contributed by atoms with Gasteiger partial charge in [0.2, 0.25) is 0 Å². The minimum absolute atomic E-state index is 0.296. The van der Waals surface area contributed by atoms with E-state index in [4.69, 9.17) is 9.72 Å². The summed E-state index contributed by atoms with van der Waals surface area (Å²) in [5.41, 5.74) is 5.98. The molecular formula is C22H15NO2. The minimum atomic E-state index is -0.296. The Hall–Kier alpha value is -3.20. The fourth-order valence-corrected chi connectivity index (χ4v) is 3.69. The molecule has 0 unspecified atom stereocenters. The summed E-state index contributed by atoms with van der Waals surface area (Å²) in [5.74, 6) is -0.296. The highest BCUT2D eigenvalue weighted by atomic mass is 16.5. The minimum Gasteiger partial charge on any atom is -0.462 e. The average molecular weight is 325 g/mol. The Bertz CT molecular complexity index is 1170. The number of fused-ring (bicyclic) bond motifs is 4. The smallest absolute Gasteiger partial charge is 0.338 e. The number of benzene rings is 3. The Kier molecular flexibility index (Phi) is 2.92. The molecule has 0 bridgehead atoms. The van der Waals surface area contributed by atoms with Gasteiger partial charge in [-0.3, -0.25) is 0 Å². The van der Waals surface area contributed by atoms with Crippen molar-refractivity contribution in [3.8, 4) is 22.4 Å². The molecular weight excluding hydrogens is 310 g/mol. The highest BCUT2D eigenvalue weighted by molar-refractivity contribution is 6.15. The first kappa shape index (κ1) is 14.2. The van der Waals surface area contributed by atoms with Gasteiger partial charge in [-0.1, -0.05) is 36.4 Å². The van der Waals surface area contributed by atoms with Crippen molar-refractivity contribution in [3.63, 3.8) is 0 Å². The van der Waals surface area contributed by atoms with Gasteiger partial charge in [0.15, 0.2) is 0 Å². The van der Waals surface area contributed by atoms with Crippen LogP contribution in [0.15, 0.2) is 60.7 Å². The van der Waals surface area contributed by atoms with Crippen molar-refractivity contribution in [2.24, 2.45) is 0 Å². The number of ether oxygens (including phenoxy) is 1. The molecule has 25 heavy (non-hydrogen) atoms. The number of carbonyl (C=O) groups excluding carboxylic acids is 1. The van der Waals surface area contributed by atoms with Crippen LogP contribution in [0.5, 0.6) is 0 Å². The van der Waals surface area contributed by atoms with Gasteiger partial charge < -0.3 is 4.74 Å². The van der Waals surface area contributed by atoms with Crippen LogP contribution in [0.4, 0.5) is 0 Å². The number of hydrogen-bond acceptors (Lipinski definition) is 3. The highest BCUT2D eigenvalue weighted by Crippen LogP contribution is 2.46. The second kappa shape index (κ2) is 5.15. The summed E-state index contributed by atoms with van der Waals surface area (Å²) in [7, 11) is 0. The van der Waals surface area contributed by atoms with Crippen molar-refractivity contribution in [3.05, 3.63) is 66.2 Å². The van der Waals surface area contributed by atoms with Gasteiger partial charge in [-0.05, 0) is 47.5 Å². The molecule has 0 radical (unpaired) electrons. The average Bonchev–Trinajstić information content (AvgIpc) is 2.95. The van der Waals surface area contributed by atoms with Gasteiger partial charge in [0.25, 0.3) is 0 Å². The number of esters is 1. The number of nitrogens with zero attached hydrogens (tertiary/aromatic N) is 1. The van der Waals surface area contributed by atoms with E-state index in [2.05, 4.69) is 42.5 Å². The molecule has 0 amide bonds. The number of pyridine rings is 1. The molecule has 120 valence electrons. The first-order valence-corrected chi connectivity index (χ1v) is 8.40. The van der Waals surface area contributed by atoms with Crippen molar-refractivity contribution in [2.45, 2.75) is 6.92 Å². The molecule has 0 spiro atoms. The van der Waals surface area contributed by atoms with Gasteiger partial charge in [0.05, 0.1) is 23.4 Å². The van der Waals surface area contributed by atoms with Crippen LogP contribution in [0.25, 0.3) is 44.1 Å². The summed E-state index contributed by atoms with van der Waals surface area (Å²) in [5, 5.41) is 3.44. The first-order valence-electron chi connectivity index (χ1n) is 8.40. The van der Waals surface area contributed by atoms with Crippen molar-refractivity contribution in [1.82, 2.24) is 4.98 Å². The largest absolute Gasteiger partial charge is 0.462 e. The van der Waals surface area contributed by atoms with E-state index in [-0.39, 0.29) is 5.97 Å². The summed E-state index contributed by atoms with van der Waals surface area (Å²) >= 11 is 0. The first-order chi connectivity index (χ1) is 12.3. The lowest BCUT2D eigenvalue weighted by Crippen LogP contribution is -2.04.